The van der Waals surface area contributed by atoms with E-state index in [1.165, 1.54) is 23.5 Å². The summed E-state index contributed by atoms with van der Waals surface area (Å²) in [6.45, 7) is 4.50. The van der Waals surface area contributed by atoms with Crippen LogP contribution in [0.5, 0.6) is 5.75 Å². The molecular formula is C22H33N3O5S. The Morgan fingerprint density at radius 3 is 2.26 bits per heavy atom. The van der Waals surface area contributed by atoms with E-state index in [4.69, 9.17) is 4.74 Å². The largest absolute Gasteiger partial charge is 0.497 e. The van der Waals surface area contributed by atoms with Gasteiger partial charge in [0, 0.05) is 25.0 Å². The highest BCUT2D eigenvalue weighted by atomic mass is 32.2. The van der Waals surface area contributed by atoms with Crippen LogP contribution in [0.25, 0.3) is 0 Å². The molecule has 1 aromatic carbocycles. The minimum atomic E-state index is -3.61. The van der Waals surface area contributed by atoms with Gasteiger partial charge in [0.15, 0.2) is 0 Å². The quantitative estimate of drug-likeness (QED) is 0.597. The molecule has 0 aromatic heterocycles. The third-order valence-electron chi connectivity index (χ3n) is 6.24. The molecule has 2 N–H and O–H groups in total. The van der Waals surface area contributed by atoms with E-state index in [0.717, 1.165) is 19.3 Å². The van der Waals surface area contributed by atoms with Gasteiger partial charge >= 0.3 is 0 Å². The van der Waals surface area contributed by atoms with Crippen molar-refractivity contribution in [2.24, 2.45) is 11.8 Å². The first-order chi connectivity index (χ1) is 14.8. The van der Waals surface area contributed by atoms with E-state index in [1.54, 1.807) is 12.1 Å². The molecule has 1 saturated carbocycles. The van der Waals surface area contributed by atoms with E-state index in [1.807, 2.05) is 13.8 Å². The van der Waals surface area contributed by atoms with Crippen LogP contribution in [0.4, 0.5) is 0 Å². The molecule has 8 nitrogen and oxygen atoms in total. The number of ether oxygens (including phenoxy) is 1. The average molecular weight is 452 g/mol. The van der Waals surface area contributed by atoms with Gasteiger partial charge in [0.05, 0.1) is 12.0 Å². The van der Waals surface area contributed by atoms with Crippen LogP contribution in [0.1, 0.15) is 46.0 Å². The number of amides is 2. The molecule has 31 heavy (non-hydrogen) atoms. The van der Waals surface area contributed by atoms with Gasteiger partial charge in [-0.15, -0.1) is 0 Å². The van der Waals surface area contributed by atoms with Crippen LogP contribution in [-0.2, 0) is 19.6 Å². The zero-order chi connectivity index (χ0) is 22.6. The summed E-state index contributed by atoms with van der Waals surface area (Å²) in [6, 6.07) is 5.98. The first-order valence-corrected chi connectivity index (χ1v) is 12.4. The van der Waals surface area contributed by atoms with E-state index >= 15 is 0 Å². The molecule has 2 amide bonds. The molecule has 172 valence electrons. The van der Waals surface area contributed by atoms with Crippen molar-refractivity contribution in [2.45, 2.75) is 62.9 Å². The molecule has 3 rings (SSSR count). The molecule has 1 heterocycles. The molecule has 0 radical (unpaired) electrons. The predicted molar refractivity (Wildman–Crippen MR) is 117 cm³/mol. The summed E-state index contributed by atoms with van der Waals surface area (Å²) in [7, 11) is -2.09. The maximum atomic E-state index is 12.9. The van der Waals surface area contributed by atoms with Crippen molar-refractivity contribution in [3.8, 4) is 5.75 Å². The number of piperidine rings is 1. The summed E-state index contributed by atoms with van der Waals surface area (Å²) in [5, 5.41) is 5.92. The lowest BCUT2D eigenvalue weighted by Crippen LogP contribution is -2.53. The van der Waals surface area contributed by atoms with E-state index in [2.05, 4.69) is 10.6 Å². The number of nitrogens with zero attached hydrogens (tertiary/aromatic N) is 1. The minimum Gasteiger partial charge on any atom is -0.497 e. The lowest BCUT2D eigenvalue weighted by molar-refractivity contribution is -0.133. The molecule has 2 atom stereocenters. The van der Waals surface area contributed by atoms with Crippen molar-refractivity contribution in [3.05, 3.63) is 24.3 Å². The van der Waals surface area contributed by atoms with Crippen LogP contribution in [-0.4, -0.2) is 56.8 Å². The Labute approximate surface area is 184 Å². The van der Waals surface area contributed by atoms with Crippen LogP contribution in [0.2, 0.25) is 0 Å². The van der Waals surface area contributed by atoms with Crippen molar-refractivity contribution in [1.29, 1.82) is 0 Å². The van der Waals surface area contributed by atoms with Gasteiger partial charge in [0.1, 0.15) is 11.8 Å². The maximum Gasteiger partial charge on any atom is 0.243 e. The zero-order valence-corrected chi connectivity index (χ0v) is 19.3. The standard InChI is InChI=1S/C22H33N3O5S/c1-4-15(2)20(22(27)23-17-5-6-17)24-21(26)16-11-13-25(14-12-16)31(28,29)19-9-7-18(30-3)8-10-19/h7-10,15-17,20H,4-6,11-14H2,1-3H3,(H,23,27)(H,24,26)/t15?,20-/m1/s1. The van der Waals surface area contributed by atoms with Crippen molar-refractivity contribution >= 4 is 21.8 Å². The Bertz CT molecular complexity index is 875. The van der Waals surface area contributed by atoms with E-state index < -0.39 is 16.1 Å². The van der Waals surface area contributed by atoms with E-state index in [9.17, 15) is 18.0 Å². The summed E-state index contributed by atoms with van der Waals surface area (Å²) in [4.78, 5) is 25.6. The van der Waals surface area contributed by atoms with Crippen LogP contribution in [0, 0.1) is 11.8 Å². The van der Waals surface area contributed by atoms with Gasteiger partial charge in [0.2, 0.25) is 21.8 Å². The van der Waals surface area contributed by atoms with Gasteiger partial charge in [-0.2, -0.15) is 4.31 Å². The molecule has 0 bridgehead atoms. The number of sulfonamides is 1. The summed E-state index contributed by atoms with van der Waals surface area (Å²) in [5.74, 6) is 0.0270. The Balaban J connectivity index is 1.58. The van der Waals surface area contributed by atoms with Crippen molar-refractivity contribution in [1.82, 2.24) is 14.9 Å². The average Bonchev–Trinajstić information content (AvgIpc) is 3.60. The number of hydrogen-bond donors (Lipinski definition) is 2. The topological polar surface area (TPSA) is 105 Å². The zero-order valence-electron chi connectivity index (χ0n) is 18.5. The smallest absolute Gasteiger partial charge is 0.243 e. The Morgan fingerprint density at radius 1 is 1.13 bits per heavy atom. The molecule has 2 aliphatic rings. The summed E-state index contributed by atoms with van der Waals surface area (Å²) >= 11 is 0. The van der Waals surface area contributed by atoms with E-state index in [-0.39, 0.29) is 47.7 Å². The normalized spacial score (nSPS) is 20.0. The summed E-state index contributed by atoms with van der Waals surface area (Å²) in [5.41, 5.74) is 0. The van der Waals surface area contributed by atoms with E-state index in [0.29, 0.717) is 18.6 Å². The highest BCUT2D eigenvalue weighted by molar-refractivity contribution is 7.89. The predicted octanol–water partition coefficient (Wildman–Crippen LogP) is 1.91. The fraction of sp³-hybridized carbons (Fsp3) is 0.636. The van der Waals surface area contributed by atoms with Crippen molar-refractivity contribution < 1.29 is 22.7 Å². The Kier molecular flexibility index (Phi) is 7.59. The number of carbonyl (C=O) groups excluding carboxylic acids is 2. The fourth-order valence-corrected chi connectivity index (χ4v) is 5.22. The molecule has 1 aliphatic carbocycles. The lowest BCUT2D eigenvalue weighted by atomic mass is 9.94. The third kappa shape index (κ3) is 5.77. The number of benzene rings is 1. The lowest BCUT2D eigenvalue weighted by Gasteiger charge is -2.32. The number of nitrogens with one attached hydrogen (secondary N) is 2. The second kappa shape index (κ2) is 9.99. The van der Waals surface area contributed by atoms with Crippen LogP contribution >= 0.6 is 0 Å². The Hall–Kier alpha value is -2.13. The molecule has 1 saturated heterocycles. The fourth-order valence-electron chi connectivity index (χ4n) is 3.75. The second-order valence-electron chi connectivity index (χ2n) is 8.51. The van der Waals surface area contributed by atoms with Gasteiger partial charge in [-0.1, -0.05) is 20.3 Å². The third-order valence-corrected chi connectivity index (χ3v) is 8.15. The first-order valence-electron chi connectivity index (χ1n) is 11.0. The molecule has 1 aromatic rings. The highest BCUT2D eigenvalue weighted by Gasteiger charge is 2.35. The van der Waals surface area contributed by atoms with Gasteiger partial charge in [-0.25, -0.2) is 8.42 Å². The number of methoxy groups -OCH3 is 1. The molecule has 2 fully saturated rings. The Morgan fingerprint density at radius 2 is 1.74 bits per heavy atom. The van der Waals surface area contributed by atoms with Gasteiger partial charge in [0.25, 0.3) is 0 Å². The molecule has 1 aliphatic heterocycles. The minimum absolute atomic E-state index is 0.0261. The first kappa shape index (κ1) is 23.5. The van der Waals surface area contributed by atoms with Crippen molar-refractivity contribution in [2.75, 3.05) is 20.2 Å². The molecular weight excluding hydrogens is 418 g/mol. The van der Waals surface area contributed by atoms with Crippen molar-refractivity contribution in [3.63, 3.8) is 0 Å². The van der Waals surface area contributed by atoms with Gasteiger partial charge in [-0.05, 0) is 55.9 Å². The maximum absolute atomic E-state index is 12.9. The highest BCUT2D eigenvalue weighted by Crippen LogP contribution is 2.26. The molecule has 1 unspecified atom stereocenters. The van der Waals surface area contributed by atoms with Crippen LogP contribution in [0.15, 0.2) is 29.2 Å². The number of rotatable bonds is 9. The monoisotopic (exact) mass is 451 g/mol. The van der Waals surface area contributed by atoms with Crippen LogP contribution < -0.4 is 15.4 Å². The summed E-state index contributed by atoms with van der Waals surface area (Å²) < 4.78 is 32.3. The van der Waals surface area contributed by atoms with Gasteiger partial charge in [-0.3, -0.25) is 9.59 Å². The number of carbonyl (C=O) groups is 2. The van der Waals surface area contributed by atoms with Crippen LogP contribution in [0.3, 0.4) is 0 Å². The number of hydrogen-bond acceptors (Lipinski definition) is 5. The SMILES string of the molecule is CCC(C)[C@@H](NC(=O)C1CCN(S(=O)(=O)c2ccc(OC)cc2)CC1)C(=O)NC1CC1. The van der Waals surface area contributed by atoms with Gasteiger partial charge < -0.3 is 15.4 Å². The summed E-state index contributed by atoms with van der Waals surface area (Å²) in [6.07, 6.45) is 3.63. The molecule has 0 spiro atoms. The molecule has 9 heteroatoms. The second-order valence-corrected chi connectivity index (χ2v) is 10.4.